The lowest BCUT2D eigenvalue weighted by molar-refractivity contribution is -0.134. The number of hydrogen-bond donors (Lipinski definition) is 1. The van der Waals surface area contributed by atoms with Crippen molar-refractivity contribution in [2.75, 3.05) is 31.2 Å². The molecule has 2 saturated heterocycles. The van der Waals surface area contributed by atoms with Gasteiger partial charge in [0.1, 0.15) is 6.04 Å². The van der Waals surface area contributed by atoms with Crippen molar-refractivity contribution in [1.29, 1.82) is 0 Å². The number of ether oxygens (including phenoxy) is 1. The van der Waals surface area contributed by atoms with Gasteiger partial charge in [0, 0.05) is 37.0 Å². The van der Waals surface area contributed by atoms with E-state index in [0.717, 1.165) is 61.3 Å². The number of nitrogens with one attached hydrogen (secondary N) is 1. The molecule has 2 fully saturated rings. The molecule has 7 heteroatoms. The van der Waals surface area contributed by atoms with Crippen LogP contribution in [0.2, 0.25) is 0 Å². The molecule has 3 heterocycles. The number of hydrogen-bond acceptors (Lipinski definition) is 5. The van der Waals surface area contributed by atoms with E-state index in [1.807, 2.05) is 24.3 Å². The Bertz CT molecular complexity index is 1330. The van der Waals surface area contributed by atoms with Crippen LogP contribution in [0.5, 0.6) is 0 Å². The summed E-state index contributed by atoms with van der Waals surface area (Å²) >= 11 is 0. The first-order valence-corrected chi connectivity index (χ1v) is 12.2. The number of piperidine rings is 1. The molecule has 0 aromatic heterocycles. The molecule has 3 aliphatic rings. The molecule has 0 bridgehead atoms. The van der Waals surface area contributed by atoms with E-state index in [-0.39, 0.29) is 18.2 Å². The molecule has 3 amide bonds. The number of carbonyl (C=O) groups is 3. The molecule has 3 aromatic rings. The smallest absolute Gasteiger partial charge is 0.259 e. The maximum absolute atomic E-state index is 13.3. The fourth-order valence-corrected chi connectivity index (χ4v) is 5.46. The lowest BCUT2D eigenvalue weighted by Gasteiger charge is -2.30. The first kappa shape index (κ1) is 21.9. The average molecular weight is 470 g/mol. The Kier molecular flexibility index (Phi) is 5.59. The van der Waals surface area contributed by atoms with E-state index >= 15 is 0 Å². The predicted octanol–water partition coefficient (Wildman–Crippen LogP) is 3.03. The van der Waals surface area contributed by atoms with Crippen molar-refractivity contribution in [3.8, 4) is 0 Å². The van der Waals surface area contributed by atoms with Gasteiger partial charge < -0.3 is 4.74 Å². The summed E-state index contributed by atoms with van der Waals surface area (Å²) in [5.74, 6) is -0.867. The highest BCUT2D eigenvalue weighted by atomic mass is 16.5. The topological polar surface area (TPSA) is 79.0 Å². The zero-order valence-corrected chi connectivity index (χ0v) is 19.5. The highest BCUT2D eigenvalue weighted by molar-refractivity contribution is 6.27. The number of anilines is 1. The molecule has 1 atom stereocenters. The molecule has 1 N–H and O–H groups in total. The summed E-state index contributed by atoms with van der Waals surface area (Å²) in [5.41, 5.74) is 5.01. The molecule has 178 valence electrons. The van der Waals surface area contributed by atoms with Gasteiger partial charge in [0.2, 0.25) is 11.8 Å². The van der Waals surface area contributed by atoms with Gasteiger partial charge in [0.15, 0.2) is 0 Å². The van der Waals surface area contributed by atoms with E-state index in [0.29, 0.717) is 12.0 Å². The predicted molar refractivity (Wildman–Crippen MR) is 132 cm³/mol. The molecule has 0 unspecified atom stereocenters. The minimum Gasteiger partial charge on any atom is -0.379 e. The van der Waals surface area contributed by atoms with Crippen molar-refractivity contribution in [3.63, 3.8) is 0 Å². The van der Waals surface area contributed by atoms with Crippen LogP contribution in [-0.2, 0) is 27.3 Å². The zero-order valence-electron chi connectivity index (χ0n) is 19.5. The Morgan fingerprint density at radius 1 is 0.914 bits per heavy atom. The fraction of sp³-hybridized carbons (Fsp3) is 0.321. The number of nitrogens with zero attached hydrogens (tertiary/aromatic N) is 2. The van der Waals surface area contributed by atoms with Crippen LogP contribution in [0.15, 0.2) is 54.6 Å². The molecule has 0 aliphatic carbocycles. The first-order chi connectivity index (χ1) is 17.1. The van der Waals surface area contributed by atoms with Gasteiger partial charge in [-0.1, -0.05) is 42.5 Å². The van der Waals surface area contributed by atoms with Gasteiger partial charge in [0.05, 0.1) is 18.9 Å². The highest BCUT2D eigenvalue weighted by Crippen LogP contribution is 2.41. The molecule has 35 heavy (non-hydrogen) atoms. The van der Waals surface area contributed by atoms with Crippen LogP contribution in [0.3, 0.4) is 0 Å². The van der Waals surface area contributed by atoms with E-state index in [1.54, 1.807) is 4.90 Å². The van der Waals surface area contributed by atoms with Crippen molar-refractivity contribution in [3.05, 3.63) is 76.9 Å². The second-order valence-corrected chi connectivity index (χ2v) is 9.50. The molecular formula is C28H27N3O4. The summed E-state index contributed by atoms with van der Waals surface area (Å²) in [7, 11) is 0. The van der Waals surface area contributed by atoms with Crippen molar-refractivity contribution in [2.24, 2.45) is 0 Å². The van der Waals surface area contributed by atoms with Crippen molar-refractivity contribution in [2.45, 2.75) is 31.8 Å². The summed E-state index contributed by atoms with van der Waals surface area (Å²) in [5, 5.41) is 4.30. The number of rotatable bonds is 5. The van der Waals surface area contributed by atoms with Crippen LogP contribution >= 0.6 is 0 Å². The van der Waals surface area contributed by atoms with Gasteiger partial charge in [-0.2, -0.15) is 0 Å². The molecule has 7 nitrogen and oxygen atoms in total. The van der Waals surface area contributed by atoms with E-state index in [4.69, 9.17) is 4.74 Å². The van der Waals surface area contributed by atoms with E-state index in [9.17, 15) is 14.4 Å². The molecule has 3 aliphatic heterocycles. The minimum absolute atomic E-state index is 0.176. The van der Waals surface area contributed by atoms with Gasteiger partial charge in [-0.05, 0) is 47.1 Å². The van der Waals surface area contributed by atoms with Gasteiger partial charge in [0.25, 0.3) is 5.91 Å². The van der Waals surface area contributed by atoms with Gasteiger partial charge >= 0.3 is 0 Å². The summed E-state index contributed by atoms with van der Waals surface area (Å²) in [6.45, 7) is 4.47. The molecule has 0 radical (unpaired) electrons. The first-order valence-electron chi connectivity index (χ1n) is 12.2. The largest absolute Gasteiger partial charge is 0.379 e. The maximum Gasteiger partial charge on any atom is 0.259 e. The Labute approximate surface area is 203 Å². The van der Waals surface area contributed by atoms with Crippen LogP contribution in [0.4, 0.5) is 5.69 Å². The van der Waals surface area contributed by atoms with Crippen LogP contribution in [0.25, 0.3) is 10.8 Å². The van der Waals surface area contributed by atoms with Gasteiger partial charge in [-0.25, -0.2) is 0 Å². The number of amides is 3. The fourth-order valence-electron chi connectivity index (χ4n) is 5.46. The lowest BCUT2D eigenvalue weighted by atomic mass is 9.95. The lowest BCUT2D eigenvalue weighted by Crippen LogP contribution is -2.53. The van der Waals surface area contributed by atoms with Gasteiger partial charge in [-0.3, -0.25) is 29.5 Å². The van der Waals surface area contributed by atoms with Crippen molar-refractivity contribution < 1.29 is 19.1 Å². The van der Waals surface area contributed by atoms with Crippen LogP contribution in [0, 0.1) is 0 Å². The standard InChI is InChI=1S/C28H27N3O4/c32-25-11-10-24(27(33)29-25)31-23-9-8-20(21-2-1-3-22(26(21)23)28(31)34)16-18-4-6-19(7-5-18)17-30-12-14-35-15-13-30/h1-9,24H,10-17H2,(H,29,32,33)/t24-/m0/s1. The summed E-state index contributed by atoms with van der Waals surface area (Å²) in [4.78, 5) is 41.5. The summed E-state index contributed by atoms with van der Waals surface area (Å²) < 4.78 is 5.44. The van der Waals surface area contributed by atoms with Crippen molar-refractivity contribution in [1.82, 2.24) is 10.2 Å². The number of imide groups is 1. The number of benzene rings is 3. The maximum atomic E-state index is 13.3. The Balaban J connectivity index is 1.27. The Morgan fingerprint density at radius 2 is 1.69 bits per heavy atom. The SMILES string of the molecule is O=C1CC[C@H](N2C(=O)c3cccc4c(Cc5ccc(CN6CCOCC6)cc5)ccc2c34)C(=O)N1. The molecular weight excluding hydrogens is 442 g/mol. The van der Waals surface area contributed by atoms with E-state index < -0.39 is 11.9 Å². The van der Waals surface area contributed by atoms with E-state index in [1.165, 1.54) is 11.1 Å². The molecule has 3 aromatic carbocycles. The molecule has 0 spiro atoms. The number of carbonyl (C=O) groups excluding carboxylic acids is 3. The highest BCUT2D eigenvalue weighted by Gasteiger charge is 2.40. The van der Waals surface area contributed by atoms with Crippen molar-refractivity contribution >= 4 is 34.2 Å². The molecule has 6 rings (SSSR count). The average Bonchev–Trinajstić information content (AvgIpc) is 3.15. The van der Waals surface area contributed by atoms with Crippen LogP contribution in [-0.4, -0.2) is 55.0 Å². The third kappa shape index (κ3) is 4.00. The normalized spacial score (nSPS) is 20.5. The zero-order chi connectivity index (χ0) is 23.9. The number of morpholine rings is 1. The molecule has 0 saturated carbocycles. The monoisotopic (exact) mass is 469 g/mol. The van der Waals surface area contributed by atoms with Crippen LogP contribution in [0.1, 0.15) is 39.9 Å². The van der Waals surface area contributed by atoms with Gasteiger partial charge in [-0.15, -0.1) is 0 Å². The summed E-state index contributed by atoms with van der Waals surface area (Å²) in [6, 6.07) is 17.9. The van der Waals surface area contributed by atoms with E-state index in [2.05, 4.69) is 40.5 Å². The Hall–Kier alpha value is -3.55. The second-order valence-electron chi connectivity index (χ2n) is 9.50. The quantitative estimate of drug-likeness (QED) is 0.581. The third-order valence-corrected chi connectivity index (χ3v) is 7.27. The minimum atomic E-state index is -0.666. The summed E-state index contributed by atoms with van der Waals surface area (Å²) in [6.07, 6.45) is 1.33. The third-order valence-electron chi connectivity index (χ3n) is 7.27. The Morgan fingerprint density at radius 3 is 2.46 bits per heavy atom. The second kappa shape index (κ2) is 8.91. The van der Waals surface area contributed by atoms with Crippen LogP contribution < -0.4 is 10.2 Å².